The Morgan fingerprint density at radius 1 is 0.967 bits per heavy atom. The van der Waals surface area contributed by atoms with Gasteiger partial charge >= 0.3 is 0 Å². The topological polar surface area (TPSA) is 88.0 Å². The van der Waals surface area contributed by atoms with E-state index in [1.54, 1.807) is 12.1 Å². The lowest BCUT2D eigenvalue weighted by Crippen LogP contribution is -2.30. The summed E-state index contributed by atoms with van der Waals surface area (Å²) in [5.74, 6) is -0.118. The first kappa shape index (κ1) is 19.4. The number of carbonyl (C=O) groups is 1. The maximum atomic E-state index is 12.5. The molecule has 4 rings (SSSR count). The average Bonchev–Trinajstić information content (AvgIpc) is 3.19. The number of para-hydroxylation sites is 1. The Bertz CT molecular complexity index is 1170. The van der Waals surface area contributed by atoms with Crippen LogP contribution in [-0.4, -0.2) is 22.4 Å². The number of nitrogens with zero attached hydrogens (tertiary/aromatic N) is 1. The molecule has 30 heavy (non-hydrogen) atoms. The van der Waals surface area contributed by atoms with E-state index in [0.29, 0.717) is 6.54 Å². The van der Waals surface area contributed by atoms with Crippen molar-refractivity contribution in [3.63, 3.8) is 0 Å². The van der Waals surface area contributed by atoms with Gasteiger partial charge in [0.05, 0.1) is 11.3 Å². The minimum Gasteiger partial charge on any atom is -0.361 e. The van der Waals surface area contributed by atoms with Crippen molar-refractivity contribution in [3.8, 4) is 0 Å². The number of carbonyl (C=O) groups excluding carboxylic acids is 1. The van der Waals surface area contributed by atoms with Gasteiger partial charge in [-0.2, -0.15) is 0 Å². The molecule has 6 nitrogen and oxygen atoms in total. The summed E-state index contributed by atoms with van der Waals surface area (Å²) in [4.78, 5) is 26.2. The number of nitro benzene ring substituents is 1. The van der Waals surface area contributed by atoms with E-state index in [1.165, 1.54) is 12.1 Å². The van der Waals surface area contributed by atoms with E-state index in [9.17, 15) is 14.9 Å². The molecule has 6 heteroatoms. The number of amides is 1. The van der Waals surface area contributed by atoms with Gasteiger partial charge in [-0.15, -0.1) is 0 Å². The number of H-pyrrole nitrogens is 1. The molecule has 1 amide bonds. The predicted molar refractivity (Wildman–Crippen MR) is 116 cm³/mol. The quantitative estimate of drug-likeness (QED) is 0.352. The lowest BCUT2D eigenvalue weighted by molar-refractivity contribution is -0.384. The van der Waals surface area contributed by atoms with E-state index in [2.05, 4.69) is 28.5 Å². The van der Waals surface area contributed by atoms with Crippen molar-refractivity contribution in [1.82, 2.24) is 10.3 Å². The van der Waals surface area contributed by atoms with Gasteiger partial charge in [-0.3, -0.25) is 14.9 Å². The Labute approximate surface area is 173 Å². The van der Waals surface area contributed by atoms with Gasteiger partial charge in [0.15, 0.2) is 0 Å². The molecule has 2 N–H and O–H groups in total. The summed E-state index contributed by atoms with van der Waals surface area (Å²) in [6.07, 6.45) is 2.18. The van der Waals surface area contributed by atoms with Crippen LogP contribution in [0.1, 0.15) is 22.6 Å². The molecule has 0 saturated carbocycles. The van der Waals surface area contributed by atoms with Crippen LogP contribution in [0, 0.1) is 10.1 Å². The molecule has 1 heterocycles. The fourth-order valence-electron chi connectivity index (χ4n) is 3.67. The van der Waals surface area contributed by atoms with Gasteiger partial charge in [0.25, 0.3) is 5.69 Å². The third kappa shape index (κ3) is 4.22. The van der Waals surface area contributed by atoms with Crippen LogP contribution in [0.3, 0.4) is 0 Å². The molecule has 0 spiro atoms. The van der Waals surface area contributed by atoms with Crippen molar-refractivity contribution in [3.05, 3.63) is 112 Å². The van der Waals surface area contributed by atoms with Crippen LogP contribution < -0.4 is 5.32 Å². The van der Waals surface area contributed by atoms with Crippen molar-refractivity contribution >= 4 is 22.5 Å². The highest BCUT2D eigenvalue weighted by Gasteiger charge is 2.19. The molecular weight excluding hydrogens is 378 g/mol. The second-order valence-corrected chi connectivity index (χ2v) is 7.16. The normalized spacial score (nSPS) is 11.9. The summed E-state index contributed by atoms with van der Waals surface area (Å²) in [5.41, 5.74) is 4.07. The number of hydrogen-bond acceptors (Lipinski definition) is 3. The van der Waals surface area contributed by atoms with Crippen LogP contribution in [0.5, 0.6) is 0 Å². The number of hydrogen-bond donors (Lipinski definition) is 2. The maximum Gasteiger partial charge on any atom is 0.269 e. The first-order chi connectivity index (χ1) is 14.6. The highest BCUT2D eigenvalue weighted by molar-refractivity contribution is 5.84. The van der Waals surface area contributed by atoms with Gasteiger partial charge in [-0.05, 0) is 22.8 Å². The number of nitro groups is 1. The van der Waals surface area contributed by atoms with E-state index >= 15 is 0 Å². The largest absolute Gasteiger partial charge is 0.361 e. The van der Waals surface area contributed by atoms with E-state index in [-0.39, 0.29) is 23.9 Å². The third-order valence-corrected chi connectivity index (χ3v) is 5.21. The van der Waals surface area contributed by atoms with Crippen LogP contribution in [0.2, 0.25) is 0 Å². The molecule has 4 aromatic rings. The molecule has 150 valence electrons. The van der Waals surface area contributed by atoms with E-state index < -0.39 is 4.92 Å². The fraction of sp³-hybridized carbons (Fsp3) is 0.125. The molecule has 0 aliphatic rings. The molecule has 0 aliphatic heterocycles. The zero-order chi connectivity index (χ0) is 20.9. The Morgan fingerprint density at radius 3 is 2.40 bits per heavy atom. The number of non-ortho nitro benzene ring substituents is 1. The molecule has 0 saturated heterocycles. The number of aromatic nitrogens is 1. The standard InChI is InChI=1S/C24H21N3O3/c28-24(14-17-10-12-19(13-11-17)27(29)30)26-15-21(18-6-2-1-3-7-18)22-16-25-23-9-5-4-8-20(22)23/h1-13,16,21,25H,14-15H2,(H,26,28). The number of fused-ring (bicyclic) bond motifs is 1. The Balaban J connectivity index is 1.51. The summed E-state index contributed by atoms with van der Waals surface area (Å²) >= 11 is 0. The highest BCUT2D eigenvalue weighted by Crippen LogP contribution is 2.30. The molecule has 1 aromatic heterocycles. The van der Waals surface area contributed by atoms with Crippen LogP contribution in [0.4, 0.5) is 5.69 Å². The second-order valence-electron chi connectivity index (χ2n) is 7.16. The lowest BCUT2D eigenvalue weighted by atomic mass is 9.91. The van der Waals surface area contributed by atoms with E-state index in [1.807, 2.05) is 42.6 Å². The lowest BCUT2D eigenvalue weighted by Gasteiger charge is -2.18. The first-order valence-corrected chi connectivity index (χ1v) is 9.73. The van der Waals surface area contributed by atoms with Gasteiger partial charge < -0.3 is 10.3 Å². The number of nitrogens with one attached hydrogen (secondary N) is 2. The summed E-state index contributed by atoms with van der Waals surface area (Å²) in [6.45, 7) is 0.456. The highest BCUT2D eigenvalue weighted by atomic mass is 16.6. The zero-order valence-corrected chi connectivity index (χ0v) is 16.2. The first-order valence-electron chi connectivity index (χ1n) is 9.73. The van der Waals surface area contributed by atoms with Gasteiger partial charge in [-0.25, -0.2) is 0 Å². The molecule has 0 bridgehead atoms. The number of rotatable bonds is 7. The zero-order valence-electron chi connectivity index (χ0n) is 16.2. The second kappa shape index (κ2) is 8.61. The summed E-state index contributed by atoms with van der Waals surface area (Å²) < 4.78 is 0. The molecule has 0 aliphatic carbocycles. The number of benzene rings is 3. The van der Waals surface area contributed by atoms with Gasteiger partial charge in [0, 0.05) is 41.7 Å². The minimum absolute atomic E-state index is 0.00293. The smallest absolute Gasteiger partial charge is 0.269 e. The Morgan fingerprint density at radius 2 is 1.67 bits per heavy atom. The molecular formula is C24H21N3O3. The summed E-state index contributed by atoms with van der Waals surface area (Å²) in [6, 6.07) is 24.3. The summed E-state index contributed by atoms with van der Waals surface area (Å²) in [5, 5.41) is 14.9. The van der Waals surface area contributed by atoms with Crippen molar-refractivity contribution in [2.45, 2.75) is 12.3 Å². The average molecular weight is 399 g/mol. The van der Waals surface area contributed by atoms with Crippen LogP contribution in [0.15, 0.2) is 85.1 Å². The van der Waals surface area contributed by atoms with Crippen molar-refractivity contribution in [2.75, 3.05) is 6.54 Å². The monoisotopic (exact) mass is 399 g/mol. The Kier molecular flexibility index (Phi) is 5.57. The van der Waals surface area contributed by atoms with Crippen LogP contribution in [-0.2, 0) is 11.2 Å². The maximum absolute atomic E-state index is 12.5. The van der Waals surface area contributed by atoms with Gasteiger partial charge in [0.2, 0.25) is 5.91 Å². The van der Waals surface area contributed by atoms with E-state index in [0.717, 1.165) is 27.6 Å². The third-order valence-electron chi connectivity index (χ3n) is 5.21. The molecule has 0 fully saturated rings. The molecule has 3 aromatic carbocycles. The van der Waals surface area contributed by atoms with Crippen molar-refractivity contribution in [1.29, 1.82) is 0 Å². The summed E-state index contributed by atoms with van der Waals surface area (Å²) in [7, 11) is 0. The molecule has 1 unspecified atom stereocenters. The minimum atomic E-state index is -0.449. The predicted octanol–water partition coefficient (Wildman–Crippen LogP) is 4.57. The van der Waals surface area contributed by atoms with Gasteiger partial charge in [-0.1, -0.05) is 60.7 Å². The Hall–Kier alpha value is -3.93. The molecule has 1 atom stereocenters. The van der Waals surface area contributed by atoms with Crippen molar-refractivity contribution in [2.24, 2.45) is 0 Å². The SMILES string of the molecule is O=C(Cc1ccc([N+](=O)[O-])cc1)NCC(c1ccccc1)c1c[nH]c2ccccc12. The molecule has 0 radical (unpaired) electrons. The van der Waals surface area contributed by atoms with Crippen LogP contribution in [0.25, 0.3) is 10.9 Å². The van der Waals surface area contributed by atoms with E-state index in [4.69, 9.17) is 0 Å². The van der Waals surface area contributed by atoms with Crippen LogP contribution >= 0.6 is 0 Å². The fourth-order valence-corrected chi connectivity index (χ4v) is 3.67. The van der Waals surface area contributed by atoms with Gasteiger partial charge in [0.1, 0.15) is 0 Å². The van der Waals surface area contributed by atoms with Crippen molar-refractivity contribution < 1.29 is 9.72 Å². The number of aromatic amines is 1.